The molecule has 2 aromatic rings. The minimum atomic E-state index is -1.63. The first-order chi connectivity index (χ1) is 9.97. The summed E-state index contributed by atoms with van der Waals surface area (Å²) >= 11 is 0. The van der Waals surface area contributed by atoms with Crippen LogP contribution in [-0.4, -0.2) is 31.6 Å². The first kappa shape index (κ1) is 14.4. The van der Waals surface area contributed by atoms with Gasteiger partial charge in [-0.2, -0.15) is 0 Å². The Bertz CT molecular complexity index is 697. The zero-order chi connectivity index (χ0) is 15.4. The number of carbonyl (C=O) groups is 2. The minimum Gasteiger partial charge on any atom is -0.508 e. The molecule has 0 fully saturated rings. The van der Waals surface area contributed by atoms with Crippen LogP contribution in [0.3, 0.4) is 0 Å². The molecule has 6 heteroatoms. The fourth-order valence-electron chi connectivity index (χ4n) is 1.84. The molecule has 1 heterocycles. The number of carbonyl (C=O) groups excluding carboxylic acids is 1. The van der Waals surface area contributed by atoms with Gasteiger partial charge in [0.2, 0.25) is 0 Å². The maximum absolute atomic E-state index is 11.1. The highest BCUT2D eigenvalue weighted by molar-refractivity contribution is 6.38. The third-order valence-corrected chi connectivity index (χ3v) is 2.86. The average molecular weight is 287 g/mol. The summed E-state index contributed by atoms with van der Waals surface area (Å²) in [5.74, 6) is -3.07. The lowest BCUT2D eigenvalue weighted by Crippen LogP contribution is -2.10. The molecule has 0 aliphatic heterocycles. The van der Waals surface area contributed by atoms with Crippen molar-refractivity contribution in [1.29, 1.82) is 0 Å². The van der Waals surface area contributed by atoms with Crippen molar-refractivity contribution in [3.05, 3.63) is 59.9 Å². The smallest absolute Gasteiger partial charge is 0.376 e. The van der Waals surface area contributed by atoms with Crippen LogP contribution in [0.15, 0.2) is 48.7 Å². The number of aliphatic hydroxyl groups excluding tert-OH is 1. The number of aliphatic carboxylic acids is 1. The topological polar surface area (TPSA) is 99.8 Å². The Hall–Kier alpha value is -3.02. The van der Waals surface area contributed by atoms with Gasteiger partial charge >= 0.3 is 5.97 Å². The second-order valence-corrected chi connectivity index (χ2v) is 4.39. The van der Waals surface area contributed by atoms with E-state index in [1.54, 1.807) is 47.2 Å². The second kappa shape index (κ2) is 5.96. The molecule has 0 radical (unpaired) electrons. The van der Waals surface area contributed by atoms with E-state index in [-0.39, 0.29) is 5.75 Å². The Balaban J connectivity index is 2.24. The molecule has 1 aromatic heterocycles. The summed E-state index contributed by atoms with van der Waals surface area (Å²) in [6.45, 7) is 0.405. The first-order valence-electron chi connectivity index (χ1n) is 6.08. The fourth-order valence-corrected chi connectivity index (χ4v) is 1.84. The number of aromatic hydroxyl groups is 1. The Morgan fingerprint density at radius 3 is 2.38 bits per heavy atom. The van der Waals surface area contributed by atoms with Crippen molar-refractivity contribution < 1.29 is 24.9 Å². The van der Waals surface area contributed by atoms with E-state index < -0.39 is 17.5 Å². The van der Waals surface area contributed by atoms with Crippen molar-refractivity contribution in [3.8, 4) is 5.75 Å². The molecule has 3 N–H and O–H groups in total. The van der Waals surface area contributed by atoms with Gasteiger partial charge in [0, 0.05) is 18.8 Å². The molecule has 2 rings (SSSR count). The van der Waals surface area contributed by atoms with Gasteiger partial charge in [-0.15, -0.1) is 0 Å². The molecule has 0 spiro atoms. The summed E-state index contributed by atoms with van der Waals surface area (Å²) in [5, 5.41) is 27.6. The number of phenols is 1. The number of ketones is 1. The maximum Gasteiger partial charge on any atom is 0.376 e. The number of nitrogens with zero attached hydrogens (tertiary/aromatic N) is 1. The van der Waals surface area contributed by atoms with Crippen LogP contribution in [0.25, 0.3) is 5.76 Å². The Morgan fingerprint density at radius 2 is 1.76 bits per heavy atom. The maximum atomic E-state index is 11.1. The molecule has 1 aromatic carbocycles. The molecule has 0 saturated heterocycles. The quantitative estimate of drug-likeness (QED) is 0.442. The van der Waals surface area contributed by atoms with Crippen molar-refractivity contribution in [2.24, 2.45) is 0 Å². The van der Waals surface area contributed by atoms with Gasteiger partial charge in [-0.1, -0.05) is 12.1 Å². The van der Waals surface area contributed by atoms with E-state index in [0.717, 1.165) is 5.56 Å². The normalized spacial score (nSPS) is 11.3. The molecule has 0 unspecified atom stereocenters. The second-order valence-electron chi connectivity index (χ2n) is 4.39. The van der Waals surface area contributed by atoms with Crippen molar-refractivity contribution in [2.45, 2.75) is 6.54 Å². The van der Waals surface area contributed by atoms with Crippen LogP contribution < -0.4 is 0 Å². The number of carboxylic acid groups (broad SMARTS) is 1. The van der Waals surface area contributed by atoms with E-state index in [1.165, 1.54) is 0 Å². The Morgan fingerprint density at radius 1 is 1.10 bits per heavy atom. The molecule has 0 saturated carbocycles. The fraction of sp³-hybridized carbons (Fsp3) is 0.0667. The number of aliphatic hydroxyl groups is 1. The summed E-state index contributed by atoms with van der Waals surface area (Å²) in [4.78, 5) is 21.6. The predicted molar refractivity (Wildman–Crippen MR) is 74.9 cm³/mol. The highest BCUT2D eigenvalue weighted by Gasteiger charge is 2.13. The van der Waals surface area contributed by atoms with E-state index in [4.69, 9.17) is 5.11 Å². The van der Waals surface area contributed by atoms with E-state index in [1.807, 2.05) is 0 Å². The van der Waals surface area contributed by atoms with E-state index in [2.05, 4.69) is 0 Å². The molecule has 0 atom stereocenters. The number of carboxylic acids is 1. The van der Waals surface area contributed by atoms with Gasteiger partial charge in [-0.25, -0.2) is 4.79 Å². The SMILES string of the molecule is O=C(O)C(=O)/C=C(\O)c1cccn1Cc1ccc(O)cc1. The number of benzene rings is 1. The van der Waals surface area contributed by atoms with Crippen LogP contribution in [0.4, 0.5) is 0 Å². The summed E-state index contributed by atoms with van der Waals surface area (Å²) in [7, 11) is 0. The van der Waals surface area contributed by atoms with Crippen molar-refractivity contribution >= 4 is 17.5 Å². The molecule has 6 nitrogen and oxygen atoms in total. The number of aromatic nitrogens is 1. The van der Waals surface area contributed by atoms with E-state index in [0.29, 0.717) is 18.3 Å². The number of rotatable bonds is 5. The van der Waals surface area contributed by atoms with Gasteiger partial charge in [-0.3, -0.25) is 4.79 Å². The number of phenolic OH excluding ortho intramolecular Hbond substituents is 1. The van der Waals surface area contributed by atoms with Gasteiger partial charge < -0.3 is 19.9 Å². The van der Waals surface area contributed by atoms with Gasteiger partial charge in [0.05, 0.1) is 5.69 Å². The van der Waals surface area contributed by atoms with Crippen molar-refractivity contribution in [1.82, 2.24) is 4.57 Å². The molecule has 0 amide bonds. The van der Waals surface area contributed by atoms with Gasteiger partial charge in [0.1, 0.15) is 11.5 Å². The highest BCUT2D eigenvalue weighted by atomic mass is 16.4. The third kappa shape index (κ3) is 3.50. The lowest BCUT2D eigenvalue weighted by Gasteiger charge is -2.09. The Labute approximate surface area is 120 Å². The van der Waals surface area contributed by atoms with E-state index in [9.17, 15) is 19.8 Å². The van der Waals surface area contributed by atoms with Crippen molar-refractivity contribution in [2.75, 3.05) is 0 Å². The molecule has 0 bridgehead atoms. The summed E-state index contributed by atoms with van der Waals surface area (Å²) in [6, 6.07) is 9.78. The van der Waals surface area contributed by atoms with Crippen LogP contribution in [0.1, 0.15) is 11.3 Å². The van der Waals surface area contributed by atoms with Crippen LogP contribution in [0.2, 0.25) is 0 Å². The lowest BCUT2D eigenvalue weighted by molar-refractivity contribution is -0.146. The van der Waals surface area contributed by atoms with Gasteiger partial charge in [0.25, 0.3) is 5.78 Å². The van der Waals surface area contributed by atoms with Crippen molar-refractivity contribution in [3.63, 3.8) is 0 Å². The molecule has 0 aliphatic rings. The third-order valence-electron chi connectivity index (χ3n) is 2.86. The van der Waals surface area contributed by atoms with Gasteiger partial charge in [0.15, 0.2) is 0 Å². The summed E-state index contributed by atoms with van der Waals surface area (Å²) < 4.78 is 1.66. The van der Waals surface area contributed by atoms with Crippen LogP contribution in [-0.2, 0) is 16.1 Å². The summed E-state index contributed by atoms with van der Waals surface area (Å²) in [6.07, 6.45) is 2.36. The van der Waals surface area contributed by atoms with Crippen LogP contribution in [0, 0.1) is 0 Å². The number of hydrogen-bond donors (Lipinski definition) is 3. The molecular formula is C15H13NO5. The average Bonchev–Trinajstić information content (AvgIpc) is 2.89. The molecular weight excluding hydrogens is 274 g/mol. The monoisotopic (exact) mass is 287 g/mol. The zero-order valence-electron chi connectivity index (χ0n) is 10.9. The first-order valence-corrected chi connectivity index (χ1v) is 6.08. The van der Waals surface area contributed by atoms with Crippen LogP contribution in [0.5, 0.6) is 5.75 Å². The molecule has 0 aliphatic carbocycles. The highest BCUT2D eigenvalue weighted by Crippen LogP contribution is 2.16. The van der Waals surface area contributed by atoms with Crippen LogP contribution >= 0.6 is 0 Å². The molecule has 21 heavy (non-hydrogen) atoms. The zero-order valence-corrected chi connectivity index (χ0v) is 10.9. The Kier molecular flexibility index (Phi) is 4.08. The lowest BCUT2D eigenvalue weighted by atomic mass is 10.2. The number of hydrogen-bond acceptors (Lipinski definition) is 4. The summed E-state index contributed by atoms with van der Waals surface area (Å²) in [5.41, 5.74) is 1.21. The molecule has 108 valence electrons. The van der Waals surface area contributed by atoms with Gasteiger partial charge in [-0.05, 0) is 29.8 Å². The standard InChI is InChI=1S/C15H13NO5/c17-11-5-3-10(4-6-11)9-16-7-1-2-12(16)13(18)8-14(19)15(20)21/h1-8,17-18H,9H2,(H,20,21)/b13-8-. The largest absolute Gasteiger partial charge is 0.508 e. The minimum absolute atomic E-state index is 0.154. The predicted octanol–water partition coefficient (Wildman–Crippen LogP) is 1.79. The van der Waals surface area contributed by atoms with E-state index >= 15 is 0 Å².